The van der Waals surface area contributed by atoms with Gasteiger partial charge >= 0.3 is 0 Å². The van der Waals surface area contributed by atoms with E-state index in [1.807, 2.05) is 36.4 Å². The number of aliphatic hydroxyl groups is 2. The fourth-order valence-electron chi connectivity index (χ4n) is 5.01. The molecular formula is C25H22O4. The average Bonchev–Trinajstić information content (AvgIpc) is 3.04. The molecule has 146 valence electrons. The maximum Gasteiger partial charge on any atom is 0.157 e. The highest BCUT2D eigenvalue weighted by atomic mass is 16.3. The second kappa shape index (κ2) is 6.48. The van der Waals surface area contributed by atoms with Crippen molar-refractivity contribution in [2.24, 2.45) is 0 Å². The summed E-state index contributed by atoms with van der Waals surface area (Å²) in [7, 11) is 0. The molecule has 0 fully saturated rings. The van der Waals surface area contributed by atoms with E-state index in [9.17, 15) is 20.4 Å². The molecule has 0 unspecified atom stereocenters. The van der Waals surface area contributed by atoms with Crippen LogP contribution in [0.25, 0.3) is 11.1 Å². The Morgan fingerprint density at radius 3 is 1.93 bits per heavy atom. The number of hydrogen-bond donors (Lipinski definition) is 4. The van der Waals surface area contributed by atoms with E-state index < -0.39 is 17.6 Å². The molecule has 0 saturated heterocycles. The van der Waals surface area contributed by atoms with Crippen molar-refractivity contribution in [3.05, 3.63) is 95.1 Å². The van der Waals surface area contributed by atoms with Crippen LogP contribution in [0.15, 0.2) is 78.4 Å². The molecule has 4 heteroatoms. The van der Waals surface area contributed by atoms with Crippen molar-refractivity contribution in [1.82, 2.24) is 0 Å². The largest absolute Gasteiger partial charge is 0.504 e. The Balaban J connectivity index is 1.89. The van der Waals surface area contributed by atoms with Crippen molar-refractivity contribution < 1.29 is 20.4 Å². The smallest absolute Gasteiger partial charge is 0.157 e. The summed E-state index contributed by atoms with van der Waals surface area (Å²) in [6, 6.07) is 21.3. The van der Waals surface area contributed by atoms with E-state index in [1.165, 1.54) is 6.07 Å². The summed E-state index contributed by atoms with van der Waals surface area (Å²) < 4.78 is 0. The lowest BCUT2D eigenvalue weighted by Gasteiger charge is -2.39. The molecule has 0 heterocycles. The fourth-order valence-corrected chi connectivity index (χ4v) is 5.01. The van der Waals surface area contributed by atoms with Crippen LogP contribution in [0.3, 0.4) is 0 Å². The number of fused-ring (bicyclic) bond motifs is 3. The monoisotopic (exact) mass is 386 g/mol. The predicted octanol–water partition coefficient (Wildman–Crippen LogP) is 3.85. The van der Waals surface area contributed by atoms with E-state index in [-0.39, 0.29) is 11.5 Å². The van der Waals surface area contributed by atoms with Gasteiger partial charge in [-0.15, -0.1) is 0 Å². The first-order chi connectivity index (χ1) is 14.0. The lowest BCUT2D eigenvalue weighted by Crippen LogP contribution is -2.37. The van der Waals surface area contributed by atoms with Crippen LogP contribution < -0.4 is 0 Å². The zero-order valence-electron chi connectivity index (χ0n) is 15.8. The van der Waals surface area contributed by atoms with Crippen molar-refractivity contribution in [1.29, 1.82) is 0 Å². The van der Waals surface area contributed by atoms with E-state index in [1.54, 1.807) is 6.07 Å². The van der Waals surface area contributed by atoms with Gasteiger partial charge < -0.3 is 20.4 Å². The van der Waals surface area contributed by atoms with Crippen LogP contribution in [0, 0.1) is 0 Å². The Labute approximate surface area is 169 Å². The van der Waals surface area contributed by atoms with E-state index in [0.717, 1.165) is 33.4 Å². The molecule has 0 aliphatic heterocycles. The fraction of sp³-hybridized carbons (Fsp3) is 0.200. The molecule has 0 amide bonds. The van der Waals surface area contributed by atoms with Crippen molar-refractivity contribution >= 4 is 0 Å². The Kier molecular flexibility index (Phi) is 4.02. The molecule has 4 N–H and O–H groups in total. The highest BCUT2D eigenvalue weighted by Gasteiger charge is 2.48. The topological polar surface area (TPSA) is 80.9 Å². The lowest BCUT2D eigenvalue weighted by atomic mass is 9.64. The first-order valence-corrected chi connectivity index (χ1v) is 9.81. The second-order valence-electron chi connectivity index (χ2n) is 7.85. The number of benzene rings is 3. The summed E-state index contributed by atoms with van der Waals surface area (Å²) in [5, 5.41) is 40.8. The zero-order chi connectivity index (χ0) is 20.2. The van der Waals surface area contributed by atoms with Gasteiger partial charge in [0.05, 0.1) is 17.6 Å². The molecular weight excluding hydrogens is 364 g/mol. The Morgan fingerprint density at radius 2 is 1.34 bits per heavy atom. The van der Waals surface area contributed by atoms with E-state index in [4.69, 9.17) is 0 Å². The van der Waals surface area contributed by atoms with Gasteiger partial charge in [0.2, 0.25) is 0 Å². The summed E-state index contributed by atoms with van der Waals surface area (Å²) >= 11 is 0. The first kappa shape index (κ1) is 18.0. The number of aromatic hydroxyl groups is 2. The summed E-state index contributed by atoms with van der Waals surface area (Å²) in [6.45, 7) is 0. The highest BCUT2D eigenvalue weighted by Crippen LogP contribution is 2.58. The van der Waals surface area contributed by atoms with Crippen LogP contribution in [-0.4, -0.2) is 32.6 Å². The van der Waals surface area contributed by atoms with E-state index in [2.05, 4.69) is 24.3 Å². The zero-order valence-corrected chi connectivity index (χ0v) is 15.8. The van der Waals surface area contributed by atoms with Crippen molar-refractivity contribution in [2.45, 2.75) is 30.5 Å². The van der Waals surface area contributed by atoms with Crippen molar-refractivity contribution in [2.75, 3.05) is 0 Å². The highest BCUT2D eigenvalue weighted by molar-refractivity contribution is 5.86. The van der Waals surface area contributed by atoms with Gasteiger partial charge in [0, 0.05) is 0 Å². The molecule has 3 aromatic carbocycles. The second-order valence-corrected chi connectivity index (χ2v) is 7.85. The van der Waals surface area contributed by atoms with Crippen molar-refractivity contribution in [3.63, 3.8) is 0 Å². The maximum atomic E-state index is 10.5. The molecule has 0 radical (unpaired) electrons. The summed E-state index contributed by atoms with van der Waals surface area (Å²) in [6.07, 6.45) is 1.08. The van der Waals surface area contributed by atoms with E-state index in [0.29, 0.717) is 12.8 Å². The molecule has 0 spiro atoms. The standard InChI is InChI=1S/C25H22O4/c26-21-11-9-15(13-23(21)28)25(16-10-12-22(27)24(29)14-16)19-7-3-1-5-17(19)18-6-2-4-8-20(18)25/h1-11,13,22,24,26-29H,12,14H2/t22-,24+/m1/s1. The Morgan fingerprint density at radius 1 is 0.724 bits per heavy atom. The molecule has 5 rings (SSSR count). The van der Waals surface area contributed by atoms with E-state index >= 15 is 0 Å². The van der Waals surface area contributed by atoms with Crippen LogP contribution in [0.5, 0.6) is 11.5 Å². The Hall–Kier alpha value is -3.08. The molecule has 3 aromatic rings. The van der Waals surface area contributed by atoms with Gasteiger partial charge in [-0.1, -0.05) is 66.2 Å². The van der Waals surface area contributed by atoms with Gasteiger partial charge in [0.25, 0.3) is 0 Å². The lowest BCUT2D eigenvalue weighted by molar-refractivity contribution is 0.0152. The van der Waals surface area contributed by atoms with Crippen LogP contribution in [-0.2, 0) is 5.41 Å². The first-order valence-electron chi connectivity index (χ1n) is 9.81. The number of phenols is 2. The van der Waals surface area contributed by atoms with Gasteiger partial charge in [-0.2, -0.15) is 0 Å². The van der Waals surface area contributed by atoms with Gasteiger partial charge in [-0.3, -0.25) is 0 Å². The third-order valence-corrected chi connectivity index (χ3v) is 6.32. The maximum absolute atomic E-state index is 10.5. The third-order valence-electron chi connectivity index (χ3n) is 6.32. The summed E-state index contributed by atoms with van der Waals surface area (Å²) in [5.74, 6) is -0.350. The summed E-state index contributed by atoms with van der Waals surface area (Å²) in [4.78, 5) is 0. The predicted molar refractivity (Wildman–Crippen MR) is 111 cm³/mol. The van der Waals surface area contributed by atoms with Crippen LogP contribution in [0.4, 0.5) is 0 Å². The number of phenolic OH excluding ortho intramolecular Hbond substituents is 2. The number of hydrogen-bond acceptors (Lipinski definition) is 4. The molecule has 0 aromatic heterocycles. The third kappa shape index (κ3) is 2.46. The molecule has 4 nitrogen and oxygen atoms in total. The van der Waals surface area contributed by atoms with Crippen LogP contribution in [0.2, 0.25) is 0 Å². The average molecular weight is 386 g/mol. The molecule has 0 bridgehead atoms. The van der Waals surface area contributed by atoms with Crippen LogP contribution in [0.1, 0.15) is 29.5 Å². The van der Waals surface area contributed by atoms with Gasteiger partial charge in [-0.05, 0) is 52.8 Å². The minimum absolute atomic E-state index is 0.170. The quantitative estimate of drug-likeness (QED) is 0.398. The molecule has 2 atom stereocenters. The number of aliphatic hydroxyl groups excluding tert-OH is 2. The van der Waals surface area contributed by atoms with Gasteiger partial charge in [0.15, 0.2) is 11.5 Å². The molecule has 2 aliphatic carbocycles. The molecule has 29 heavy (non-hydrogen) atoms. The number of rotatable bonds is 2. The van der Waals surface area contributed by atoms with Crippen LogP contribution >= 0.6 is 0 Å². The minimum atomic E-state index is -0.850. The van der Waals surface area contributed by atoms with Gasteiger partial charge in [-0.25, -0.2) is 0 Å². The SMILES string of the molecule is Oc1ccc(C2(C3=CC[C@@H](O)[C@@H](O)C3)c3ccccc3-c3ccccc32)cc1O. The molecule has 0 saturated carbocycles. The minimum Gasteiger partial charge on any atom is -0.504 e. The summed E-state index contributed by atoms with van der Waals surface area (Å²) in [5.41, 5.74) is 5.45. The molecule has 2 aliphatic rings. The Bertz CT molecular complexity index is 1090. The van der Waals surface area contributed by atoms with Crippen molar-refractivity contribution in [3.8, 4) is 22.6 Å². The van der Waals surface area contributed by atoms with Gasteiger partial charge in [0.1, 0.15) is 0 Å². The normalized spacial score (nSPS) is 21.9.